The van der Waals surface area contributed by atoms with Crippen LogP contribution in [0, 0.1) is 5.92 Å². The van der Waals surface area contributed by atoms with E-state index in [4.69, 9.17) is 21.1 Å². The summed E-state index contributed by atoms with van der Waals surface area (Å²) in [6, 6.07) is 8.91. The Balaban J connectivity index is 1.66. The Morgan fingerprint density at radius 1 is 0.971 bits per heavy atom. The van der Waals surface area contributed by atoms with Gasteiger partial charge in [0.05, 0.1) is 5.69 Å². The molecule has 0 aliphatic carbocycles. The highest BCUT2D eigenvalue weighted by Gasteiger charge is 2.41. The van der Waals surface area contributed by atoms with Crippen LogP contribution < -0.4 is 5.32 Å². The highest BCUT2D eigenvalue weighted by atomic mass is 35.5. The monoisotopic (exact) mass is 501 g/mol. The number of hydrogen-bond donors (Lipinski definition) is 1. The van der Waals surface area contributed by atoms with Gasteiger partial charge in [0.1, 0.15) is 16.4 Å². The molecule has 1 aromatic carbocycles. The quantitative estimate of drug-likeness (QED) is 0.573. The lowest BCUT2D eigenvalue weighted by Crippen LogP contribution is -2.36. The summed E-state index contributed by atoms with van der Waals surface area (Å²) in [7, 11) is 0. The van der Waals surface area contributed by atoms with Crippen molar-refractivity contribution in [3.63, 3.8) is 0 Å². The number of benzene rings is 1. The molecule has 3 heterocycles. The van der Waals surface area contributed by atoms with E-state index >= 15 is 0 Å². The molecule has 0 unspecified atom stereocenters. The predicted octanol–water partition coefficient (Wildman–Crippen LogP) is 5.29. The maximum atomic E-state index is 13.0. The van der Waals surface area contributed by atoms with Crippen LogP contribution in [0.5, 0.6) is 0 Å². The van der Waals surface area contributed by atoms with Crippen LogP contribution >= 0.6 is 11.6 Å². The van der Waals surface area contributed by atoms with E-state index in [0.717, 1.165) is 5.56 Å². The number of nitrogens with zero attached hydrogens (tertiary/aromatic N) is 2. The van der Waals surface area contributed by atoms with Gasteiger partial charge < -0.3 is 19.7 Å². The molecule has 1 fully saturated rings. The summed E-state index contributed by atoms with van der Waals surface area (Å²) >= 11 is 6.31. The molecule has 2 amide bonds. The van der Waals surface area contributed by atoms with Crippen molar-refractivity contribution in [3.05, 3.63) is 46.6 Å². The molecule has 2 aromatic rings. The highest BCUT2D eigenvalue weighted by molar-refractivity contribution is 6.30. The molecule has 0 bridgehead atoms. The lowest BCUT2D eigenvalue weighted by molar-refractivity contribution is 0.0286. The molecule has 1 aromatic heterocycles. The Morgan fingerprint density at radius 3 is 2.29 bits per heavy atom. The maximum Gasteiger partial charge on any atom is 0.420 e. The summed E-state index contributed by atoms with van der Waals surface area (Å²) < 4.78 is 12.4. The van der Waals surface area contributed by atoms with Crippen molar-refractivity contribution in [2.24, 2.45) is 5.92 Å². The van der Waals surface area contributed by atoms with Crippen LogP contribution in [0.15, 0.2) is 30.3 Å². The fraction of sp³-hybridized carbons (Fsp3) is 0.500. The van der Waals surface area contributed by atoms with Crippen molar-refractivity contribution >= 4 is 29.7 Å². The summed E-state index contributed by atoms with van der Waals surface area (Å²) in [5.74, 6) is -0.105. The van der Waals surface area contributed by atoms with E-state index in [0.29, 0.717) is 36.5 Å². The van der Waals surface area contributed by atoms with Crippen molar-refractivity contribution in [1.29, 1.82) is 0 Å². The molecule has 2 aliphatic rings. The van der Waals surface area contributed by atoms with E-state index in [-0.39, 0.29) is 29.0 Å². The third-order valence-electron chi connectivity index (χ3n) is 6.02. The first-order valence-electron chi connectivity index (χ1n) is 11.7. The van der Waals surface area contributed by atoms with Gasteiger partial charge in [0.25, 0.3) is 5.91 Å². The van der Waals surface area contributed by atoms with E-state index in [2.05, 4.69) is 5.32 Å². The average molecular weight is 502 g/mol. The number of rotatable bonds is 1. The zero-order chi connectivity index (χ0) is 25.7. The van der Waals surface area contributed by atoms with Gasteiger partial charge in [-0.05, 0) is 70.9 Å². The molecule has 1 saturated heterocycles. The minimum absolute atomic E-state index is 0.00764. The second kappa shape index (κ2) is 8.90. The van der Waals surface area contributed by atoms with Gasteiger partial charge in [0.15, 0.2) is 0 Å². The van der Waals surface area contributed by atoms with E-state index in [1.165, 1.54) is 4.57 Å². The number of aromatic nitrogens is 1. The molecular weight excluding hydrogens is 470 g/mol. The Hall–Kier alpha value is -3.00. The number of halogens is 1. The summed E-state index contributed by atoms with van der Waals surface area (Å²) in [6.45, 7) is 12.3. The number of nitrogens with one attached hydrogen (secondary N) is 1. The highest BCUT2D eigenvalue weighted by Crippen LogP contribution is 2.38. The molecule has 2 aliphatic heterocycles. The van der Waals surface area contributed by atoms with Crippen LogP contribution in [0.25, 0.3) is 11.3 Å². The van der Waals surface area contributed by atoms with Crippen LogP contribution in [0.3, 0.4) is 0 Å². The smallest absolute Gasteiger partial charge is 0.420 e. The van der Waals surface area contributed by atoms with Gasteiger partial charge in [-0.1, -0.05) is 23.7 Å². The zero-order valence-corrected chi connectivity index (χ0v) is 21.7. The molecule has 2 atom stereocenters. The molecule has 188 valence electrons. The Bertz CT molecular complexity index is 1170. The molecule has 0 saturated carbocycles. The molecule has 4 rings (SSSR count). The number of ether oxygens (including phenoxy) is 2. The topological polar surface area (TPSA) is 89.9 Å². The lowest BCUT2D eigenvalue weighted by atomic mass is 9.86. The Labute approximate surface area is 210 Å². The van der Waals surface area contributed by atoms with Gasteiger partial charge in [-0.2, -0.15) is 0 Å². The van der Waals surface area contributed by atoms with Crippen LogP contribution in [-0.4, -0.2) is 58.4 Å². The number of amides is 2. The SMILES string of the molecule is CC(C)(C)OC(=O)N1C[C@H]2CNC(=O)c3cc(-c4ccc(Cl)n4C(=O)OC(C)(C)C)ccc3[C@@H]2C1. The van der Waals surface area contributed by atoms with Gasteiger partial charge in [-0.15, -0.1) is 0 Å². The minimum atomic E-state index is -0.687. The van der Waals surface area contributed by atoms with E-state index in [1.54, 1.807) is 43.9 Å². The number of carbonyl (C=O) groups excluding carboxylic acids is 3. The van der Waals surface area contributed by atoms with Gasteiger partial charge >= 0.3 is 12.2 Å². The zero-order valence-electron chi connectivity index (χ0n) is 21.0. The Kier molecular flexibility index (Phi) is 6.38. The van der Waals surface area contributed by atoms with Crippen molar-refractivity contribution < 1.29 is 23.9 Å². The molecule has 9 heteroatoms. The first-order chi connectivity index (χ1) is 16.2. The van der Waals surface area contributed by atoms with Gasteiger partial charge in [-0.25, -0.2) is 14.2 Å². The number of fused-ring (bicyclic) bond motifs is 3. The molecule has 0 radical (unpaired) electrons. The van der Waals surface area contributed by atoms with Crippen molar-refractivity contribution in [1.82, 2.24) is 14.8 Å². The molecule has 0 spiro atoms. The fourth-order valence-corrected chi connectivity index (χ4v) is 4.81. The summed E-state index contributed by atoms with van der Waals surface area (Å²) in [4.78, 5) is 40.2. The second-order valence-corrected chi connectivity index (χ2v) is 11.5. The summed E-state index contributed by atoms with van der Waals surface area (Å²) in [6.07, 6.45) is -0.939. The van der Waals surface area contributed by atoms with Gasteiger partial charge in [0.2, 0.25) is 0 Å². The van der Waals surface area contributed by atoms with Crippen LogP contribution in [0.1, 0.15) is 63.4 Å². The van der Waals surface area contributed by atoms with Crippen LogP contribution in [-0.2, 0) is 9.47 Å². The first-order valence-corrected chi connectivity index (χ1v) is 12.1. The third kappa shape index (κ3) is 5.32. The van der Waals surface area contributed by atoms with Crippen LogP contribution in [0.4, 0.5) is 9.59 Å². The normalized spacial score (nSPS) is 20.0. The predicted molar refractivity (Wildman–Crippen MR) is 133 cm³/mol. The lowest BCUT2D eigenvalue weighted by Gasteiger charge is -2.24. The van der Waals surface area contributed by atoms with Crippen molar-refractivity contribution in [2.45, 2.75) is 58.7 Å². The summed E-state index contributed by atoms with van der Waals surface area (Å²) in [5.41, 5.74) is 1.33. The molecular formula is C26H32ClN3O5. The van der Waals surface area contributed by atoms with Gasteiger partial charge in [-0.3, -0.25) is 4.79 Å². The molecule has 8 nitrogen and oxygen atoms in total. The van der Waals surface area contributed by atoms with Crippen LogP contribution in [0.2, 0.25) is 5.15 Å². The first kappa shape index (κ1) is 25.1. The van der Waals surface area contributed by atoms with E-state index < -0.39 is 17.3 Å². The minimum Gasteiger partial charge on any atom is -0.444 e. The number of hydrogen-bond acceptors (Lipinski definition) is 5. The standard InChI is InChI=1S/C26H32ClN3O5/c1-25(2,3)34-23(32)29-13-16-12-28-22(31)18-11-15(7-8-17(18)19(16)14-29)20-9-10-21(27)30(20)24(33)35-26(4,5)6/h7-11,16,19H,12-14H2,1-6H3,(H,28,31)/t16-,19-/m1/s1. The number of likely N-dealkylation sites (tertiary alicyclic amines) is 1. The van der Waals surface area contributed by atoms with Gasteiger partial charge in [0, 0.05) is 37.0 Å². The third-order valence-corrected chi connectivity index (χ3v) is 6.32. The molecule has 1 N–H and O–H groups in total. The Morgan fingerprint density at radius 2 is 1.63 bits per heavy atom. The average Bonchev–Trinajstić information content (AvgIpc) is 3.30. The van der Waals surface area contributed by atoms with E-state index in [1.807, 2.05) is 32.9 Å². The maximum absolute atomic E-state index is 13.0. The van der Waals surface area contributed by atoms with Crippen molar-refractivity contribution in [2.75, 3.05) is 19.6 Å². The van der Waals surface area contributed by atoms with Crippen molar-refractivity contribution in [3.8, 4) is 11.3 Å². The number of carbonyl (C=O) groups is 3. The second-order valence-electron chi connectivity index (χ2n) is 11.1. The van der Waals surface area contributed by atoms with E-state index in [9.17, 15) is 14.4 Å². The summed E-state index contributed by atoms with van der Waals surface area (Å²) in [5, 5.41) is 3.21. The fourth-order valence-electron chi connectivity index (χ4n) is 4.59. The largest absolute Gasteiger partial charge is 0.444 e. The molecule has 35 heavy (non-hydrogen) atoms.